The number of aromatic carboxylic acids is 1. The van der Waals surface area contributed by atoms with Gasteiger partial charge in [-0.3, -0.25) is 0 Å². The summed E-state index contributed by atoms with van der Waals surface area (Å²) in [6, 6.07) is 14.4. The second-order valence-corrected chi connectivity index (χ2v) is 5.06. The third-order valence-electron chi connectivity index (χ3n) is 3.34. The lowest BCUT2D eigenvalue weighted by atomic mass is 10.1. The monoisotopic (exact) mass is 315 g/mol. The molecule has 0 saturated heterocycles. The van der Waals surface area contributed by atoms with Crippen LogP contribution in [0.15, 0.2) is 48.5 Å². The van der Waals surface area contributed by atoms with E-state index in [2.05, 4.69) is 5.32 Å². The van der Waals surface area contributed by atoms with E-state index in [-0.39, 0.29) is 0 Å². The number of rotatable bonds is 9. The summed E-state index contributed by atoms with van der Waals surface area (Å²) in [5, 5.41) is 12.1. The van der Waals surface area contributed by atoms with Crippen LogP contribution in [0, 0.1) is 0 Å². The maximum absolute atomic E-state index is 10.8. The summed E-state index contributed by atoms with van der Waals surface area (Å²) in [5.74, 6) is 0.679. The first kappa shape index (κ1) is 16.8. The van der Waals surface area contributed by atoms with E-state index in [1.807, 2.05) is 36.4 Å². The van der Waals surface area contributed by atoms with E-state index >= 15 is 0 Å². The van der Waals surface area contributed by atoms with Gasteiger partial charge in [0.25, 0.3) is 0 Å². The van der Waals surface area contributed by atoms with Crippen LogP contribution in [0.4, 0.5) is 0 Å². The van der Waals surface area contributed by atoms with Crippen LogP contribution in [0.5, 0.6) is 11.5 Å². The highest BCUT2D eigenvalue weighted by molar-refractivity contribution is 5.87. The highest BCUT2D eigenvalue weighted by atomic mass is 16.5. The number of carbonyl (C=O) groups is 1. The molecule has 2 N–H and O–H groups in total. The van der Waals surface area contributed by atoms with Gasteiger partial charge in [0, 0.05) is 12.6 Å². The van der Waals surface area contributed by atoms with Crippen LogP contribution in [0.25, 0.3) is 0 Å². The normalized spacial score (nSPS) is 10.3. The first-order chi connectivity index (χ1) is 11.2. The molecule has 5 heteroatoms. The van der Waals surface area contributed by atoms with Crippen molar-refractivity contribution in [2.45, 2.75) is 13.0 Å². The van der Waals surface area contributed by atoms with Crippen molar-refractivity contribution < 1.29 is 19.4 Å². The molecule has 0 spiro atoms. The molecule has 0 bridgehead atoms. The Morgan fingerprint density at radius 2 is 1.87 bits per heavy atom. The van der Waals surface area contributed by atoms with E-state index in [0.717, 1.165) is 30.0 Å². The van der Waals surface area contributed by atoms with Gasteiger partial charge in [-0.2, -0.15) is 0 Å². The Morgan fingerprint density at radius 1 is 1.13 bits per heavy atom. The van der Waals surface area contributed by atoms with Gasteiger partial charge in [0.2, 0.25) is 0 Å². The molecule has 2 aromatic carbocycles. The summed E-state index contributed by atoms with van der Waals surface area (Å²) in [5.41, 5.74) is 1.36. The molecule has 23 heavy (non-hydrogen) atoms. The minimum atomic E-state index is -0.904. The molecule has 0 aromatic heterocycles. The molecule has 0 radical (unpaired) electrons. The lowest BCUT2D eigenvalue weighted by Crippen LogP contribution is -2.17. The van der Waals surface area contributed by atoms with Gasteiger partial charge in [-0.25, -0.2) is 4.79 Å². The third kappa shape index (κ3) is 5.64. The topological polar surface area (TPSA) is 67.8 Å². The van der Waals surface area contributed by atoms with E-state index in [1.54, 1.807) is 19.2 Å². The number of carboxylic acid groups (broad SMARTS) is 1. The Morgan fingerprint density at radius 3 is 2.57 bits per heavy atom. The highest BCUT2D eigenvalue weighted by Crippen LogP contribution is 2.18. The second kappa shape index (κ2) is 8.80. The zero-order valence-corrected chi connectivity index (χ0v) is 13.1. The number of benzene rings is 2. The minimum Gasteiger partial charge on any atom is -0.497 e. The maximum Gasteiger partial charge on any atom is 0.335 e. The van der Waals surface area contributed by atoms with Crippen LogP contribution in [-0.2, 0) is 6.54 Å². The Hall–Kier alpha value is -2.53. The fraction of sp³-hybridized carbons (Fsp3) is 0.278. The van der Waals surface area contributed by atoms with Crippen molar-refractivity contribution in [2.75, 3.05) is 20.3 Å². The molecular formula is C18H21NO4. The van der Waals surface area contributed by atoms with E-state index in [4.69, 9.17) is 14.6 Å². The van der Waals surface area contributed by atoms with Crippen molar-refractivity contribution in [3.63, 3.8) is 0 Å². The average molecular weight is 315 g/mol. The molecule has 0 atom stereocenters. The van der Waals surface area contributed by atoms with E-state index in [0.29, 0.717) is 18.7 Å². The maximum atomic E-state index is 10.8. The summed E-state index contributed by atoms with van der Waals surface area (Å²) in [6.07, 6.45) is 0.879. The lowest BCUT2D eigenvalue weighted by Gasteiger charge is -2.08. The predicted molar refractivity (Wildman–Crippen MR) is 88.2 cm³/mol. The number of hydrogen-bond acceptors (Lipinski definition) is 4. The SMILES string of the molecule is COc1cccc(OCCCNCc2ccc(C(=O)O)cc2)c1. The number of methoxy groups -OCH3 is 1. The zero-order chi connectivity index (χ0) is 16.5. The van der Waals surface area contributed by atoms with E-state index < -0.39 is 5.97 Å². The largest absolute Gasteiger partial charge is 0.497 e. The van der Waals surface area contributed by atoms with Crippen LogP contribution in [0.1, 0.15) is 22.3 Å². The summed E-state index contributed by atoms with van der Waals surface area (Å²) < 4.78 is 10.8. The number of carboxylic acids is 1. The molecule has 5 nitrogen and oxygen atoms in total. The van der Waals surface area contributed by atoms with Gasteiger partial charge in [0.05, 0.1) is 19.3 Å². The fourth-order valence-corrected chi connectivity index (χ4v) is 2.08. The van der Waals surface area contributed by atoms with E-state index in [9.17, 15) is 4.79 Å². The van der Waals surface area contributed by atoms with Crippen molar-refractivity contribution in [1.82, 2.24) is 5.32 Å². The number of hydrogen-bond donors (Lipinski definition) is 2. The molecule has 2 aromatic rings. The van der Waals surface area contributed by atoms with Crippen molar-refractivity contribution >= 4 is 5.97 Å². The second-order valence-electron chi connectivity index (χ2n) is 5.06. The summed E-state index contributed by atoms with van der Waals surface area (Å²) in [6.45, 7) is 2.15. The van der Waals surface area contributed by atoms with Crippen LogP contribution < -0.4 is 14.8 Å². The first-order valence-corrected chi connectivity index (χ1v) is 7.49. The van der Waals surface area contributed by atoms with Crippen LogP contribution in [0.2, 0.25) is 0 Å². The summed E-state index contributed by atoms with van der Waals surface area (Å²) in [4.78, 5) is 10.8. The molecule has 0 amide bonds. The standard InChI is InChI=1S/C18H21NO4/c1-22-16-4-2-5-17(12-16)23-11-3-10-19-13-14-6-8-15(9-7-14)18(20)21/h2,4-9,12,19H,3,10-11,13H2,1H3,(H,20,21). The summed E-state index contributed by atoms with van der Waals surface area (Å²) >= 11 is 0. The smallest absolute Gasteiger partial charge is 0.335 e. The zero-order valence-electron chi connectivity index (χ0n) is 13.1. The van der Waals surface area contributed by atoms with Crippen molar-refractivity contribution in [3.05, 3.63) is 59.7 Å². The highest BCUT2D eigenvalue weighted by Gasteiger charge is 2.01. The first-order valence-electron chi connectivity index (χ1n) is 7.49. The molecule has 2 rings (SSSR count). The molecule has 122 valence electrons. The van der Waals surface area contributed by atoms with Crippen LogP contribution in [0.3, 0.4) is 0 Å². The van der Waals surface area contributed by atoms with Crippen molar-refractivity contribution in [3.8, 4) is 11.5 Å². The Kier molecular flexibility index (Phi) is 6.44. The molecule has 0 aliphatic rings. The van der Waals surface area contributed by atoms with Gasteiger partial charge in [-0.15, -0.1) is 0 Å². The van der Waals surface area contributed by atoms with Crippen molar-refractivity contribution in [2.24, 2.45) is 0 Å². The van der Waals surface area contributed by atoms with Gasteiger partial charge in [-0.1, -0.05) is 18.2 Å². The number of nitrogens with one attached hydrogen (secondary N) is 1. The van der Waals surface area contributed by atoms with Gasteiger partial charge in [0.1, 0.15) is 11.5 Å². The molecule has 0 unspecified atom stereocenters. The van der Waals surface area contributed by atoms with Gasteiger partial charge in [-0.05, 0) is 42.8 Å². The van der Waals surface area contributed by atoms with Gasteiger partial charge >= 0.3 is 5.97 Å². The Labute approximate surface area is 135 Å². The number of ether oxygens (including phenoxy) is 2. The van der Waals surface area contributed by atoms with E-state index in [1.165, 1.54) is 0 Å². The van der Waals surface area contributed by atoms with Crippen LogP contribution >= 0.6 is 0 Å². The molecule has 0 heterocycles. The van der Waals surface area contributed by atoms with Gasteiger partial charge < -0.3 is 19.9 Å². The van der Waals surface area contributed by atoms with Gasteiger partial charge in [0.15, 0.2) is 0 Å². The lowest BCUT2D eigenvalue weighted by molar-refractivity contribution is 0.0697. The predicted octanol–water partition coefficient (Wildman–Crippen LogP) is 2.95. The molecule has 0 saturated carbocycles. The third-order valence-corrected chi connectivity index (χ3v) is 3.34. The molecular weight excluding hydrogens is 294 g/mol. The van der Waals surface area contributed by atoms with Crippen molar-refractivity contribution in [1.29, 1.82) is 0 Å². The minimum absolute atomic E-state index is 0.306. The average Bonchev–Trinajstić information content (AvgIpc) is 2.58. The Balaban J connectivity index is 1.63. The quantitative estimate of drug-likeness (QED) is 0.696. The molecule has 0 fully saturated rings. The molecule has 0 aliphatic carbocycles. The Bertz CT molecular complexity index is 625. The van der Waals surface area contributed by atoms with Crippen LogP contribution in [-0.4, -0.2) is 31.3 Å². The fourth-order valence-electron chi connectivity index (χ4n) is 2.08. The summed E-state index contributed by atoms with van der Waals surface area (Å²) in [7, 11) is 1.63. The molecule has 0 aliphatic heterocycles.